The Balaban J connectivity index is 1.26. The number of carbonyl (C=O) groups excluding carboxylic acids is 2. The van der Waals surface area contributed by atoms with E-state index < -0.39 is 5.60 Å². The summed E-state index contributed by atoms with van der Waals surface area (Å²) in [5, 5.41) is 20.3. The number of nitrogens with zero attached hydrogens (tertiary/aromatic N) is 3. The molecule has 2 fully saturated rings. The summed E-state index contributed by atoms with van der Waals surface area (Å²) in [4.78, 5) is 31.7. The zero-order valence-electron chi connectivity index (χ0n) is 17.4. The Kier molecular flexibility index (Phi) is 4.93. The Morgan fingerprint density at radius 2 is 1.66 bits per heavy atom. The van der Waals surface area contributed by atoms with Crippen LogP contribution in [0.5, 0.6) is 0 Å². The summed E-state index contributed by atoms with van der Waals surface area (Å²) < 4.78 is 4.96. The van der Waals surface area contributed by atoms with Crippen molar-refractivity contribution in [3.63, 3.8) is 0 Å². The number of nitrogens with one attached hydrogen (secondary N) is 1. The van der Waals surface area contributed by atoms with E-state index in [0.29, 0.717) is 37.3 Å². The molecule has 0 aliphatic carbocycles. The van der Waals surface area contributed by atoms with Crippen LogP contribution in [0.25, 0.3) is 22.0 Å². The van der Waals surface area contributed by atoms with Crippen LogP contribution < -0.4 is 0 Å². The van der Waals surface area contributed by atoms with E-state index >= 15 is 0 Å². The van der Waals surface area contributed by atoms with Crippen LogP contribution in [-0.2, 0) is 9.53 Å². The van der Waals surface area contributed by atoms with Crippen molar-refractivity contribution >= 4 is 22.7 Å². The highest BCUT2D eigenvalue weighted by molar-refractivity contribution is 5.95. The van der Waals surface area contributed by atoms with Crippen molar-refractivity contribution in [1.29, 1.82) is 5.26 Å². The molecule has 1 aromatic heterocycles. The maximum absolute atomic E-state index is 12.9. The largest absolute Gasteiger partial charge is 0.376 e. The summed E-state index contributed by atoms with van der Waals surface area (Å²) in [7, 11) is 0. The Morgan fingerprint density at radius 3 is 2.28 bits per heavy atom. The lowest BCUT2D eigenvalue weighted by Gasteiger charge is -2.42. The first-order valence-electron chi connectivity index (χ1n) is 10.5. The average Bonchev–Trinajstić information content (AvgIpc) is 3.24. The average molecular weight is 430 g/mol. The van der Waals surface area contributed by atoms with Crippen LogP contribution >= 0.6 is 0 Å². The number of aromatic amines is 1. The molecule has 2 aromatic carbocycles. The first-order chi connectivity index (χ1) is 15.5. The van der Waals surface area contributed by atoms with Crippen LogP contribution in [0.3, 0.4) is 0 Å². The standard InChI is InChI=1S/C24H22N4O4/c25-12-19-13-26-21-6-5-18(11-20(19)21)16-1-3-17(4-2-16)22(29)27-7-9-28(10-8-27)23(30)24(31)14-32-15-24/h1-6,11,13,26,31H,7-10,14-15H2. The lowest BCUT2D eigenvalue weighted by molar-refractivity contribution is -0.201. The first kappa shape index (κ1) is 20.2. The lowest BCUT2D eigenvalue weighted by atomic mass is 10.00. The van der Waals surface area contributed by atoms with Gasteiger partial charge in [0.1, 0.15) is 6.07 Å². The fourth-order valence-corrected chi connectivity index (χ4v) is 4.21. The van der Waals surface area contributed by atoms with E-state index in [2.05, 4.69) is 11.1 Å². The van der Waals surface area contributed by atoms with Crippen molar-refractivity contribution in [3.05, 3.63) is 59.8 Å². The fourth-order valence-electron chi connectivity index (χ4n) is 4.21. The molecule has 3 aromatic rings. The van der Waals surface area contributed by atoms with Gasteiger partial charge in [0, 0.05) is 48.8 Å². The van der Waals surface area contributed by atoms with Crippen LogP contribution in [0.15, 0.2) is 48.7 Å². The second-order valence-electron chi connectivity index (χ2n) is 8.26. The topological polar surface area (TPSA) is 110 Å². The molecule has 32 heavy (non-hydrogen) atoms. The van der Waals surface area contributed by atoms with Crippen molar-refractivity contribution in [3.8, 4) is 17.2 Å². The van der Waals surface area contributed by atoms with Crippen LogP contribution in [0.4, 0.5) is 0 Å². The third kappa shape index (κ3) is 3.42. The molecular weight excluding hydrogens is 408 g/mol. The van der Waals surface area contributed by atoms with Gasteiger partial charge in [0.15, 0.2) is 5.60 Å². The Labute approximate surface area is 184 Å². The van der Waals surface area contributed by atoms with Gasteiger partial charge in [-0.25, -0.2) is 0 Å². The zero-order chi connectivity index (χ0) is 22.3. The van der Waals surface area contributed by atoms with Crippen molar-refractivity contribution in [2.24, 2.45) is 0 Å². The van der Waals surface area contributed by atoms with Gasteiger partial charge in [-0.15, -0.1) is 0 Å². The molecule has 2 saturated heterocycles. The third-order valence-corrected chi connectivity index (χ3v) is 6.20. The molecule has 0 bridgehead atoms. The van der Waals surface area contributed by atoms with Gasteiger partial charge in [-0.05, 0) is 35.4 Å². The molecule has 8 heteroatoms. The van der Waals surface area contributed by atoms with E-state index in [1.165, 1.54) is 0 Å². The number of nitriles is 1. The van der Waals surface area contributed by atoms with Gasteiger partial charge in [-0.2, -0.15) is 5.26 Å². The van der Waals surface area contributed by atoms with Gasteiger partial charge in [-0.1, -0.05) is 18.2 Å². The molecule has 2 N–H and O–H groups in total. The SMILES string of the molecule is N#Cc1c[nH]c2ccc(-c3ccc(C(=O)N4CCN(C(=O)C5(O)COC5)CC4)cc3)cc12. The highest BCUT2D eigenvalue weighted by atomic mass is 16.5. The minimum Gasteiger partial charge on any atom is -0.376 e. The van der Waals surface area contributed by atoms with Gasteiger partial charge in [-0.3, -0.25) is 9.59 Å². The summed E-state index contributed by atoms with van der Waals surface area (Å²) >= 11 is 0. The molecule has 0 spiro atoms. The Morgan fingerprint density at radius 1 is 1.00 bits per heavy atom. The maximum Gasteiger partial charge on any atom is 0.259 e. The summed E-state index contributed by atoms with van der Waals surface area (Å²) in [5.74, 6) is -0.402. The van der Waals surface area contributed by atoms with E-state index in [4.69, 9.17) is 4.74 Å². The number of carbonyl (C=O) groups is 2. The zero-order valence-corrected chi connectivity index (χ0v) is 17.4. The molecule has 0 atom stereocenters. The summed E-state index contributed by atoms with van der Waals surface area (Å²) in [6, 6.07) is 15.5. The van der Waals surface area contributed by atoms with Crippen LogP contribution in [0.1, 0.15) is 15.9 Å². The first-order valence-corrected chi connectivity index (χ1v) is 10.5. The third-order valence-electron chi connectivity index (χ3n) is 6.20. The number of hydrogen-bond donors (Lipinski definition) is 2. The number of H-pyrrole nitrogens is 1. The predicted octanol–water partition coefficient (Wildman–Crippen LogP) is 1.75. The number of piperazine rings is 1. The number of benzene rings is 2. The minimum absolute atomic E-state index is 0.0339. The van der Waals surface area contributed by atoms with Gasteiger partial charge in [0.2, 0.25) is 0 Å². The highest BCUT2D eigenvalue weighted by Gasteiger charge is 2.46. The Hall–Kier alpha value is -3.67. The number of fused-ring (bicyclic) bond motifs is 1. The van der Waals surface area contributed by atoms with E-state index in [1.54, 1.807) is 28.1 Å². The molecule has 0 saturated carbocycles. The monoisotopic (exact) mass is 430 g/mol. The van der Waals surface area contributed by atoms with Crippen molar-refractivity contribution in [1.82, 2.24) is 14.8 Å². The number of aromatic nitrogens is 1. The number of hydrogen-bond acceptors (Lipinski definition) is 5. The lowest BCUT2D eigenvalue weighted by Crippen LogP contribution is -2.64. The van der Waals surface area contributed by atoms with E-state index in [-0.39, 0.29) is 25.0 Å². The normalized spacial score (nSPS) is 17.6. The second-order valence-corrected chi connectivity index (χ2v) is 8.26. The van der Waals surface area contributed by atoms with Crippen LogP contribution in [0, 0.1) is 11.3 Å². The second kappa shape index (κ2) is 7.79. The van der Waals surface area contributed by atoms with Gasteiger partial charge < -0.3 is 24.6 Å². The fraction of sp³-hybridized carbons (Fsp3) is 0.292. The highest BCUT2D eigenvalue weighted by Crippen LogP contribution is 2.27. The summed E-state index contributed by atoms with van der Waals surface area (Å²) in [5.41, 5.74) is 2.62. The molecule has 162 valence electrons. The summed E-state index contributed by atoms with van der Waals surface area (Å²) in [6.45, 7) is 1.69. The molecule has 2 amide bonds. The quantitative estimate of drug-likeness (QED) is 0.658. The molecule has 3 heterocycles. The maximum atomic E-state index is 12.9. The summed E-state index contributed by atoms with van der Waals surface area (Å²) in [6.07, 6.45) is 1.70. The number of amides is 2. The molecule has 2 aliphatic heterocycles. The molecule has 8 nitrogen and oxygen atoms in total. The Bertz CT molecular complexity index is 1230. The van der Waals surface area contributed by atoms with E-state index in [0.717, 1.165) is 22.0 Å². The smallest absolute Gasteiger partial charge is 0.259 e. The van der Waals surface area contributed by atoms with Crippen LogP contribution in [-0.4, -0.2) is 76.7 Å². The number of aliphatic hydroxyl groups is 1. The van der Waals surface area contributed by atoms with Crippen LogP contribution in [0.2, 0.25) is 0 Å². The van der Waals surface area contributed by atoms with Crippen molar-refractivity contribution in [2.75, 3.05) is 39.4 Å². The number of ether oxygens (including phenoxy) is 1. The van der Waals surface area contributed by atoms with Gasteiger partial charge >= 0.3 is 0 Å². The molecule has 0 radical (unpaired) electrons. The predicted molar refractivity (Wildman–Crippen MR) is 117 cm³/mol. The van der Waals surface area contributed by atoms with E-state index in [9.17, 15) is 20.0 Å². The molecule has 2 aliphatic rings. The molecule has 5 rings (SSSR count). The van der Waals surface area contributed by atoms with E-state index in [1.807, 2.05) is 30.3 Å². The number of rotatable bonds is 3. The van der Waals surface area contributed by atoms with Crippen molar-refractivity contribution < 1.29 is 19.4 Å². The van der Waals surface area contributed by atoms with Gasteiger partial charge in [0.05, 0.1) is 18.8 Å². The van der Waals surface area contributed by atoms with Crippen molar-refractivity contribution in [2.45, 2.75) is 5.60 Å². The van der Waals surface area contributed by atoms with Gasteiger partial charge in [0.25, 0.3) is 11.8 Å². The molecule has 0 unspecified atom stereocenters. The minimum atomic E-state index is -1.40. The molecular formula is C24H22N4O4.